The molecule has 146 valence electrons. The van der Waals surface area contributed by atoms with Gasteiger partial charge < -0.3 is 15.1 Å². The summed E-state index contributed by atoms with van der Waals surface area (Å²) in [7, 11) is 3.76. The molecule has 3 rings (SSSR count). The second kappa shape index (κ2) is 8.97. The zero-order valence-electron chi connectivity index (χ0n) is 16.2. The normalized spacial score (nSPS) is 18.8. The molecule has 2 aliphatic rings. The number of amides is 2. The summed E-state index contributed by atoms with van der Waals surface area (Å²) in [5.41, 5.74) is 0.785. The van der Waals surface area contributed by atoms with Crippen LogP contribution in [0, 0.1) is 5.92 Å². The Hall–Kier alpha value is -2.44. The number of carbonyl (C=O) groups is 2. The molecule has 27 heavy (non-hydrogen) atoms. The van der Waals surface area contributed by atoms with E-state index in [2.05, 4.69) is 15.3 Å². The van der Waals surface area contributed by atoms with Crippen LogP contribution in [0.5, 0.6) is 0 Å². The maximum Gasteiger partial charge on any atom is 0.244 e. The van der Waals surface area contributed by atoms with Crippen LogP contribution in [0.25, 0.3) is 6.08 Å². The van der Waals surface area contributed by atoms with Crippen molar-refractivity contribution in [2.75, 3.05) is 32.1 Å². The van der Waals surface area contributed by atoms with Gasteiger partial charge in [-0.15, -0.1) is 0 Å². The van der Waals surface area contributed by atoms with Crippen molar-refractivity contribution in [1.82, 2.24) is 20.2 Å². The molecule has 1 aliphatic heterocycles. The van der Waals surface area contributed by atoms with Gasteiger partial charge in [-0.3, -0.25) is 9.59 Å². The molecule has 1 N–H and O–H groups in total. The minimum atomic E-state index is -0.118. The lowest BCUT2D eigenvalue weighted by molar-refractivity contribution is -0.136. The van der Waals surface area contributed by atoms with Gasteiger partial charge >= 0.3 is 0 Å². The number of hydrogen-bond acceptors (Lipinski definition) is 5. The van der Waals surface area contributed by atoms with Crippen molar-refractivity contribution in [2.45, 2.75) is 44.6 Å². The van der Waals surface area contributed by atoms with Crippen LogP contribution < -0.4 is 10.2 Å². The van der Waals surface area contributed by atoms with E-state index in [0.717, 1.165) is 44.3 Å². The number of anilines is 1. The average Bonchev–Trinajstić information content (AvgIpc) is 3.21. The lowest BCUT2D eigenvalue weighted by Gasteiger charge is -2.33. The molecule has 0 atom stereocenters. The molecule has 7 nitrogen and oxygen atoms in total. The van der Waals surface area contributed by atoms with Gasteiger partial charge in [0.05, 0.1) is 0 Å². The van der Waals surface area contributed by atoms with Gasteiger partial charge in [-0.1, -0.05) is 12.8 Å². The highest BCUT2D eigenvalue weighted by Crippen LogP contribution is 2.27. The second-order valence-electron chi connectivity index (χ2n) is 7.63. The molecule has 0 spiro atoms. The third-order valence-corrected chi connectivity index (χ3v) is 5.34. The van der Waals surface area contributed by atoms with E-state index < -0.39 is 0 Å². The van der Waals surface area contributed by atoms with Crippen molar-refractivity contribution in [3.63, 3.8) is 0 Å². The second-order valence-corrected chi connectivity index (χ2v) is 7.63. The van der Waals surface area contributed by atoms with Gasteiger partial charge in [0, 0.05) is 63.2 Å². The van der Waals surface area contributed by atoms with Crippen molar-refractivity contribution >= 4 is 23.8 Å². The first-order valence-electron chi connectivity index (χ1n) is 9.79. The number of rotatable bonds is 5. The van der Waals surface area contributed by atoms with Gasteiger partial charge in [-0.05, 0) is 31.8 Å². The minimum Gasteiger partial charge on any atom is -0.350 e. The zero-order valence-corrected chi connectivity index (χ0v) is 16.2. The molecule has 1 saturated heterocycles. The third-order valence-electron chi connectivity index (χ3n) is 5.34. The van der Waals surface area contributed by atoms with E-state index >= 15 is 0 Å². The molecule has 1 aromatic heterocycles. The largest absolute Gasteiger partial charge is 0.350 e. The molecule has 2 amide bonds. The molecular formula is C20H29N5O2. The van der Waals surface area contributed by atoms with Crippen LogP contribution in [0.15, 0.2) is 18.5 Å². The fourth-order valence-corrected chi connectivity index (χ4v) is 3.74. The lowest BCUT2D eigenvalue weighted by Crippen LogP contribution is -2.47. The first-order valence-corrected chi connectivity index (χ1v) is 9.79. The molecule has 2 heterocycles. The van der Waals surface area contributed by atoms with Gasteiger partial charge in [0.2, 0.25) is 17.8 Å². The highest BCUT2D eigenvalue weighted by Gasteiger charge is 2.30. The number of aromatic nitrogens is 2. The maximum atomic E-state index is 12.5. The van der Waals surface area contributed by atoms with E-state index in [9.17, 15) is 9.59 Å². The Morgan fingerprint density at radius 2 is 1.74 bits per heavy atom. The van der Waals surface area contributed by atoms with E-state index in [1.54, 1.807) is 18.5 Å². The van der Waals surface area contributed by atoms with Crippen LogP contribution in [0.2, 0.25) is 0 Å². The molecule has 7 heteroatoms. The molecular weight excluding hydrogens is 342 g/mol. The lowest BCUT2D eigenvalue weighted by atomic mass is 10.0. The molecule has 0 aromatic carbocycles. The maximum absolute atomic E-state index is 12.5. The number of piperidine rings is 1. The van der Waals surface area contributed by atoms with Crippen molar-refractivity contribution in [3.05, 3.63) is 24.0 Å². The number of nitrogens with zero attached hydrogens (tertiary/aromatic N) is 4. The molecule has 1 saturated carbocycles. The van der Waals surface area contributed by atoms with Crippen LogP contribution in [-0.2, 0) is 9.59 Å². The summed E-state index contributed by atoms with van der Waals surface area (Å²) in [5, 5.41) is 3.03. The van der Waals surface area contributed by atoms with Crippen LogP contribution in [-0.4, -0.2) is 59.9 Å². The van der Waals surface area contributed by atoms with Gasteiger partial charge in [0.1, 0.15) is 0 Å². The first kappa shape index (κ1) is 19.3. The van der Waals surface area contributed by atoms with E-state index in [4.69, 9.17) is 0 Å². The Labute approximate surface area is 160 Å². The Balaban J connectivity index is 1.43. The number of carbonyl (C=O) groups excluding carboxylic acids is 2. The topological polar surface area (TPSA) is 78.4 Å². The van der Waals surface area contributed by atoms with Crippen LogP contribution in [0.1, 0.15) is 44.1 Å². The molecule has 0 unspecified atom stereocenters. The van der Waals surface area contributed by atoms with Crippen molar-refractivity contribution < 1.29 is 9.59 Å². The number of nitrogens with one attached hydrogen (secondary N) is 1. The molecule has 2 fully saturated rings. The summed E-state index contributed by atoms with van der Waals surface area (Å²) in [5.74, 6) is 1.07. The first-order chi connectivity index (χ1) is 13.0. The minimum absolute atomic E-state index is 0.118. The predicted octanol–water partition coefficient (Wildman–Crippen LogP) is 1.85. The van der Waals surface area contributed by atoms with Crippen LogP contribution >= 0.6 is 0 Å². The van der Waals surface area contributed by atoms with Gasteiger partial charge in [-0.2, -0.15) is 0 Å². The van der Waals surface area contributed by atoms with E-state index in [-0.39, 0.29) is 17.9 Å². The fraction of sp³-hybridized carbons (Fsp3) is 0.600. The standard InChI is InChI=1S/C20H29N5O2/c1-24(2)20-21-13-15(14-22-20)7-8-18(26)23-17-9-11-25(12-10-17)19(27)16-5-3-4-6-16/h7-8,13-14,16-17H,3-6,9-12H2,1-2H3,(H,23,26)/b8-7+. The number of likely N-dealkylation sites (tertiary alicyclic amines) is 1. The summed E-state index contributed by atoms with van der Waals surface area (Å²) in [6.07, 6.45) is 12.7. The highest BCUT2D eigenvalue weighted by atomic mass is 16.2. The average molecular weight is 371 g/mol. The quantitative estimate of drug-likeness (QED) is 0.799. The van der Waals surface area contributed by atoms with E-state index in [1.807, 2.05) is 23.9 Å². The zero-order chi connectivity index (χ0) is 19.2. The third kappa shape index (κ3) is 5.28. The SMILES string of the molecule is CN(C)c1ncc(/C=C/C(=O)NC2CCN(C(=O)C3CCCC3)CC2)cn1. The monoisotopic (exact) mass is 371 g/mol. The van der Waals surface area contributed by atoms with Gasteiger partial charge in [-0.25, -0.2) is 9.97 Å². The Morgan fingerprint density at radius 3 is 2.33 bits per heavy atom. The van der Waals surface area contributed by atoms with E-state index in [1.165, 1.54) is 18.9 Å². The Morgan fingerprint density at radius 1 is 1.11 bits per heavy atom. The summed E-state index contributed by atoms with van der Waals surface area (Å²) < 4.78 is 0. The summed E-state index contributed by atoms with van der Waals surface area (Å²) >= 11 is 0. The highest BCUT2D eigenvalue weighted by molar-refractivity contribution is 5.91. The van der Waals surface area contributed by atoms with Gasteiger partial charge in [0.15, 0.2) is 0 Å². The Bertz CT molecular complexity index is 672. The number of hydrogen-bond donors (Lipinski definition) is 1. The molecule has 1 aromatic rings. The van der Waals surface area contributed by atoms with Crippen molar-refractivity contribution in [2.24, 2.45) is 5.92 Å². The summed E-state index contributed by atoms with van der Waals surface area (Å²) in [6.45, 7) is 1.48. The smallest absolute Gasteiger partial charge is 0.244 e. The van der Waals surface area contributed by atoms with Crippen molar-refractivity contribution in [3.8, 4) is 0 Å². The Kier molecular flexibility index (Phi) is 6.42. The van der Waals surface area contributed by atoms with Gasteiger partial charge in [0.25, 0.3) is 0 Å². The van der Waals surface area contributed by atoms with Crippen molar-refractivity contribution in [1.29, 1.82) is 0 Å². The summed E-state index contributed by atoms with van der Waals surface area (Å²) in [6, 6.07) is 0.127. The predicted molar refractivity (Wildman–Crippen MR) is 105 cm³/mol. The summed E-state index contributed by atoms with van der Waals surface area (Å²) in [4.78, 5) is 36.9. The van der Waals surface area contributed by atoms with E-state index in [0.29, 0.717) is 11.9 Å². The molecule has 0 bridgehead atoms. The molecule has 1 aliphatic carbocycles. The molecule has 0 radical (unpaired) electrons. The van der Waals surface area contributed by atoms with Crippen LogP contribution in [0.4, 0.5) is 5.95 Å². The van der Waals surface area contributed by atoms with Crippen LogP contribution in [0.3, 0.4) is 0 Å². The fourth-order valence-electron chi connectivity index (χ4n) is 3.74.